The number of piperidine rings is 1. The molecule has 7 nitrogen and oxygen atoms in total. The average Bonchev–Trinajstić information content (AvgIpc) is 2.65. The number of anilines is 1. The molecular weight excluding hydrogens is 358 g/mol. The van der Waals surface area contributed by atoms with Crippen LogP contribution in [0.4, 0.5) is 10.5 Å². The number of benzene rings is 1. The van der Waals surface area contributed by atoms with Crippen molar-refractivity contribution in [3.05, 3.63) is 29.8 Å². The second-order valence-electron chi connectivity index (χ2n) is 8.02. The highest BCUT2D eigenvalue weighted by molar-refractivity contribution is 5.95. The number of aryl methyl sites for hydroxylation is 1. The number of likely N-dealkylation sites (tertiary alicyclic amines) is 1. The minimum absolute atomic E-state index is 0.0663. The van der Waals surface area contributed by atoms with Crippen LogP contribution in [-0.2, 0) is 20.7 Å². The van der Waals surface area contributed by atoms with Crippen LogP contribution in [0.25, 0.3) is 0 Å². The predicted molar refractivity (Wildman–Crippen MR) is 108 cm³/mol. The highest BCUT2D eigenvalue weighted by Gasteiger charge is 2.30. The molecule has 1 heterocycles. The van der Waals surface area contributed by atoms with Crippen LogP contribution >= 0.6 is 0 Å². The third-order valence-corrected chi connectivity index (χ3v) is 4.61. The molecule has 0 radical (unpaired) electrons. The minimum atomic E-state index is -0.533. The number of carbonyl (C=O) groups excluding carboxylic acids is 3. The highest BCUT2D eigenvalue weighted by Crippen LogP contribution is 2.20. The molecular formula is C21H31N3O4. The minimum Gasteiger partial charge on any atom is -0.444 e. The summed E-state index contributed by atoms with van der Waals surface area (Å²) in [5, 5.41) is 5.55. The first-order chi connectivity index (χ1) is 13.2. The zero-order valence-electron chi connectivity index (χ0n) is 17.2. The van der Waals surface area contributed by atoms with Gasteiger partial charge in [-0.3, -0.25) is 9.59 Å². The molecule has 7 heteroatoms. The molecule has 0 aliphatic carbocycles. The third kappa shape index (κ3) is 6.55. The monoisotopic (exact) mass is 389 g/mol. The summed E-state index contributed by atoms with van der Waals surface area (Å²) in [5.41, 5.74) is 1.29. The molecule has 0 unspecified atom stereocenters. The van der Waals surface area contributed by atoms with E-state index >= 15 is 0 Å². The lowest BCUT2D eigenvalue weighted by Gasteiger charge is -2.32. The topological polar surface area (TPSA) is 87.7 Å². The molecule has 28 heavy (non-hydrogen) atoms. The van der Waals surface area contributed by atoms with Crippen molar-refractivity contribution in [1.82, 2.24) is 10.2 Å². The Hall–Kier alpha value is -2.57. The van der Waals surface area contributed by atoms with Crippen molar-refractivity contribution in [2.24, 2.45) is 5.92 Å². The molecule has 0 aromatic heterocycles. The summed E-state index contributed by atoms with van der Waals surface area (Å²) in [4.78, 5) is 38.2. The number of hydrogen-bond acceptors (Lipinski definition) is 4. The molecule has 0 atom stereocenters. The molecule has 2 N–H and O–H groups in total. The van der Waals surface area contributed by atoms with Crippen LogP contribution in [0, 0.1) is 5.92 Å². The number of ether oxygens (including phenoxy) is 1. The number of amides is 3. The molecule has 2 rings (SSSR count). The van der Waals surface area contributed by atoms with E-state index in [0.29, 0.717) is 25.9 Å². The molecule has 1 aromatic carbocycles. The molecule has 3 amide bonds. The zero-order valence-corrected chi connectivity index (χ0v) is 17.2. The van der Waals surface area contributed by atoms with E-state index in [1.54, 1.807) is 4.90 Å². The van der Waals surface area contributed by atoms with Gasteiger partial charge in [0.2, 0.25) is 11.8 Å². The highest BCUT2D eigenvalue weighted by atomic mass is 16.6. The fraction of sp³-hybridized carbons (Fsp3) is 0.571. The average molecular weight is 389 g/mol. The van der Waals surface area contributed by atoms with E-state index in [1.807, 2.05) is 52.0 Å². The van der Waals surface area contributed by atoms with Gasteiger partial charge in [-0.1, -0.05) is 25.1 Å². The van der Waals surface area contributed by atoms with Crippen LogP contribution < -0.4 is 10.6 Å². The Labute approximate surface area is 166 Å². The molecule has 0 spiro atoms. The van der Waals surface area contributed by atoms with Crippen molar-refractivity contribution in [1.29, 1.82) is 0 Å². The van der Waals surface area contributed by atoms with Crippen molar-refractivity contribution in [3.8, 4) is 0 Å². The Balaban J connectivity index is 1.75. The smallest absolute Gasteiger partial charge is 0.410 e. The van der Waals surface area contributed by atoms with E-state index < -0.39 is 5.60 Å². The van der Waals surface area contributed by atoms with Gasteiger partial charge < -0.3 is 20.3 Å². The van der Waals surface area contributed by atoms with Crippen molar-refractivity contribution >= 4 is 23.6 Å². The first-order valence-corrected chi connectivity index (χ1v) is 9.83. The molecule has 1 aliphatic rings. The van der Waals surface area contributed by atoms with Crippen LogP contribution in [0.2, 0.25) is 0 Å². The van der Waals surface area contributed by atoms with Crippen LogP contribution in [0.5, 0.6) is 0 Å². The lowest BCUT2D eigenvalue weighted by Crippen LogP contribution is -2.45. The maximum atomic E-state index is 12.4. The van der Waals surface area contributed by atoms with Gasteiger partial charge in [-0.05, 0) is 51.7 Å². The summed E-state index contributed by atoms with van der Waals surface area (Å²) in [6.07, 6.45) is 1.59. The van der Waals surface area contributed by atoms with Gasteiger partial charge in [0.05, 0.1) is 6.54 Å². The number of rotatable bonds is 5. The molecule has 1 fully saturated rings. The lowest BCUT2D eigenvalue weighted by molar-refractivity contribution is -0.128. The molecule has 154 valence electrons. The number of para-hydroxylation sites is 1. The van der Waals surface area contributed by atoms with Gasteiger partial charge in [0.15, 0.2) is 0 Å². The predicted octanol–water partition coefficient (Wildman–Crippen LogP) is 2.95. The van der Waals surface area contributed by atoms with E-state index in [-0.39, 0.29) is 30.4 Å². The first-order valence-electron chi connectivity index (χ1n) is 9.83. The van der Waals surface area contributed by atoms with Gasteiger partial charge in [0.25, 0.3) is 0 Å². The third-order valence-electron chi connectivity index (χ3n) is 4.61. The standard InChI is InChI=1S/C21H31N3O4/c1-5-15-8-6-7-9-17(15)23-18(25)14-22-19(26)16-10-12-24(13-11-16)20(27)28-21(2,3)4/h6-9,16H,5,10-14H2,1-4H3,(H,22,26)(H,23,25). The van der Waals surface area contributed by atoms with Crippen molar-refractivity contribution in [2.75, 3.05) is 25.0 Å². The van der Waals surface area contributed by atoms with E-state index in [4.69, 9.17) is 4.74 Å². The van der Waals surface area contributed by atoms with Crippen LogP contribution in [0.15, 0.2) is 24.3 Å². The molecule has 0 saturated carbocycles. The lowest BCUT2D eigenvalue weighted by atomic mass is 9.96. The summed E-state index contributed by atoms with van der Waals surface area (Å²) >= 11 is 0. The molecule has 0 bridgehead atoms. The van der Waals surface area contributed by atoms with Gasteiger partial charge in [-0.2, -0.15) is 0 Å². The normalized spacial score (nSPS) is 15.1. The van der Waals surface area contributed by atoms with E-state index in [1.165, 1.54) is 0 Å². The maximum Gasteiger partial charge on any atom is 0.410 e. The summed E-state index contributed by atoms with van der Waals surface area (Å²) in [5.74, 6) is -0.599. The molecule has 1 aliphatic heterocycles. The van der Waals surface area contributed by atoms with E-state index in [2.05, 4.69) is 10.6 Å². The van der Waals surface area contributed by atoms with Gasteiger partial charge in [-0.25, -0.2) is 4.79 Å². The van der Waals surface area contributed by atoms with Gasteiger partial charge in [0.1, 0.15) is 5.60 Å². The Kier molecular flexibility index (Phi) is 7.43. The molecule has 1 saturated heterocycles. The van der Waals surface area contributed by atoms with Gasteiger partial charge >= 0.3 is 6.09 Å². The summed E-state index contributed by atoms with van der Waals surface area (Å²) in [7, 11) is 0. The SMILES string of the molecule is CCc1ccccc1NC(=O)CNC(=O)C1CCN(C(=O)OC(C)(C)C)CC1. The van der Waals surface area contributed by atoms with E-state index in [0.717, 1.165) is 17.7 Å². The van der Waals surface area contributed by atoms with E-state index in [9.17, 15) is 14.4 Å². The summed E-state index contributed by atoms with van der Waals surface area (Å²) < 4.78 is 5.36. The summed E-state index contributed by atoms with van der Waals surface area (Å²) in [6.45, 7) is 8.39. The van der Waals surface area contributed by atoms with Crippen molar-refractivity contribution in [3.63, 3.8) is 0 Å². The van der Waals surface area contributed by atoms with Crippen molar-refractivity contribution in [2.45, 2.75) is 52.6 Å². The second-order valence-corrected chi connectivity index (χ2v) is 8.02. The van der Waals surface area contributed by atoms with Crippen LogP contribution in [0.3, 0.4) is 0 Å². The quantitative estimate of drug-likeness (QED) is 0.810. The Morgan fingerprint density at radius 2 is 1.79 bits per heavy atom. The number of nitrogens with zero attached hydrogens (tertiary/aromatic N) is 1. The number of nitrogens with one attached hydrogen (secondary N) is 2. The van der Waals surface area contributed by atoms with Crippen LogP contribution in [-0.4, -0.2) is 48.0 Å². The number of hydrogen-bond donors (Lipinski definition) is 2. The van der Waals surface area contributed by atoms with Gasteiger partial charge in [0, 0.05) is 24.7 Å². The van der Waals surface area contributed by atoms with Crippen LogP contribution in [0.1, 0.15) is 46.1 Å². The Morgan fingerprint density at radius 1 is 1.14 bits per heavy atom. The molecule has 1 aromatic rings. The van der Waals surface area contributed by atoms with Gasteiger partial charge in [-0.15, -0.1) is 0 Å². The zero-order chi connectivity index (χ0) is 20.7. The Bertz CT molecular complexity index is 704. The first kappa shape index (κ1) is 21.7. The fourth-order valence-corrected chi connectivity index (χ4v) is 3.11. The largest absolute Gasteiger partial charge is 0.444 e. The maximum absolute atomic E-state index is 12.4. The summed E-state index contributed by atoms with van der Waals surface area (Å²) in [6, 6.07) is 7.61. The fourth-order valence-electron chi connectivity index (χ4n) is 3.11. The van der Waals surface area contributed by atoms with Crippen molar-refractivity contribution < 1.29 is 19.1 Å². The Morgan fingerprint density at radius 3 is 2.39 bits per heavy atom. The number of carbonyl (C=O) groups is 3. The second kappa shape index (κ2) is 9.57.